The number of rotatable bonds is 5. The van der Waals surface area contributed by atoms with Gasteiger partial charge in [-0.1, -0.05) is 23.7 Å². The highest BCUT2D eigenvalue weighted by Crippen LogP contribution is 2.79. The van der Waals surface area contributed by atoms with Crippen LogP contribution < -0.4 is 0 Å². The van der Waals surface area contributed by atoms with Crippen LogP contribution in [0.1, 0.15) is 49.0 Å². The van der Waals surface area contributed by atoms with Crippen LogP contribution >= 0.6 is 11.6 Å². The minimum Gasteiger partial charge on any atom is -0.388 e. The smallest absolute Gasteiger partial charge is 0.148 e. The lowest BCUT2D eigenvalue weighted by Gasteiger charge is -2.74. The molecule has 3 atom stereocenters. The van der Waals surface area contributed by atoms with E-state index in [1.165, 1.54) is 12.1 Å². The molecule has 0 saturated heterocycles. The molecule has 0 radical (unpaired) electrons. The van der Waals surface area contributed by atoms with Crippen molar-refractivity contribution in [2.45, 2.75) is 44.1 Å². The molecule has 1 heterocycles. The third-order valence-electron chi connectivity index (χ3n) is 6.79. The molecule has 3 aliphatic carbocycles. The lowest BCUT2D eigenvalue weighted by Crippen LogP contribution is -2.71. The summed E-state index contributed by atoms with van der Waals surface area (Å²) in [6.45, 7) is 0. The van der Waals surface area contributed by atoms with Crippen LogP contribution in [0.5, 0.6) is 0 Å². The Hall–Kier alpha value is -2.02. The first-order chi connectivity index (χ1) is 13.8. The Morgan fingerprint density at radius 1 is 1.03 bits per heavy atom. The van der Waals surface area contributed by atoms with Crippen LogP contribution in [0.4, 0.5) is 8.78 Å². The first kappa shape index (κ1) is 19.0. The maximum atomic E-state index is 13.7. The Morgan fingerprint density at radius 3 is 2.38 bits per heavy atom. The van der Waals surface area contributed by atoms with E-state index in [-0.39, 0.29) is 10.8 Å². The second-order valence-electron chi connectivity index (χ2n) is 8.72. The predicted molar refractivity (Wildman–Crippen MR) is 105 cm³/mol. The monoisotopic (exact) mass is 418 g/mol. The molecule has 7 heteroatoms. The van der Waals surface area contributed by atoms with E-state index in [1.807, 2.05) is 12.1 Å². The maximum absolute atomic E-state index is 13.7. The van der Waals surface area contributed by atoms with Gasteiger partial charge in [0, 0.05) is 34.6 Å². The summed E-state index contributed by atoms with van der Waals surface area (Å²) in [6, 6.07) is 10.2. The van der Waals surface area contributed by atoms with Crippen molar-refractivity contribution >= 4 is 17.8 Å². The van der Waals surface area contributed by atoms with Crippen molar-refractivity contribution in [3.05, 3.63) is 70.2 Å². The molecule has 0 amide bonds. The molecule has 2 aromatic carbocycles. The van der Waals surface area contributed by atoms with Gasteiger partial charge in [0.25, 0.3) is 0 Å². The summed E-state index contributed by atoms with van der Waals surface area (Å²) in [5, 5.41) is 28.4. The van der Waals surface area contributed by atoms with E-state index in [0.717, 1.165) is 11.6 Å². The van der Waals surface area contributed by atoms with Crippen LogP contribution in [-0.2, 0) is 0 Å². The Morgan fingerprint density at radius 2 is 1.72 bits per heavy atom. The van der Waals surface area contributed by atoms with Gasteiger partial charge in [0.05, 0.1) is 12.1 Å². The second kappa shape index (κ2) is 6.49. The van der Waals surface area contributed by atoms with Gasteiger partial charge in [0.1, 0.15) is 17.9 Å². The molecule has 0 aromatic heterocycles. The van der Waals surface area contributed by atoms with Gasteiger partial charge in [-0.2, -0.15) is 5.10 Å². The van der Waals surface area contributed by atoms with E-state index in [4.69, 9.17) is 11.6 Å². The van der Waals surface area contributed by atoms with Crippen molar-refractivity contribution < 1.29 is 19.0 Å². The third-order valence-corrected chi connectivity index (χ3v) is 7.02. The highest BCUT2D eigenvalue weighted by Gasteiger charge is 2.74. The van der Waals surface area contributed by atoms with E-state index in [9.17, 15) is 19.0 Å². The second-order valence-corrected chi connectivity index (χ2v) is 9.16. The van der Waals surface area contributed by atoms with Crippen molar-refractivity contribution in [1.29, 1.82) is 0 Å². The van der Waals surface area contributed by atoms with Gasteiger partial charge < -0.3 is 10.2 Å². The van der Waals surface area contributed by atoms with Crippen LogP contribution in [0.25, 0.3) is 0 Å². The normalized spacial score (nSPS) is 31.9. The number of hydrogen-bond donors (Lipinski definition) is 2. The average Bonchev–Trinajstić information content (AvgIpc) is 3.08. The fraction of sp³-hybridized carbons (Fsp3) is 0.409. The van der Waals surface area contributed by atoms with E-state index in [0.29, 0.717) is 36.3 Å². The molecule has 0 spiro atoms. The van der Waals surface area contributed by atoms with E-state index < -0.39 is 30.0 Å². The minimum atomic E-state index is -0.869. The van der Waals surface area contributed by atoms with E-state index >= 15 is 0 Å². The number of benzene rings is 2. The van der Waals surface area contributed by atoms with Crippen LogP contribution in [-0.4, -0.2) is 27.7 Å². The van der Waals surface area contributed by atoms with E-state index in [1.54, 1.807) is 23.4 Å². The van der Waals surface area contributed by atoms with Crippen molar-refractivity contribution in [2.75, 3.05) is 0 Å². The summed E-state index contributed by atoms with van der Waals surface area (Å²) in [4.78, 5) is 0. The highest BCUT2D eigenvalue weighted by molar-refractivity contribution is 6.30. The molecular weight excluding hydrogens is 398 g/mol. The quantitative estimate of drug-likeness (QED) is 0.747. The zero-order valence-corrected chi connectivity index (χ0v) is 16.4. The number of halogens is 3. The fourth-order valence-electron chi connectivity index (χ4n) is 5.54. The Bertz CT molecular complexity index is 959. The molecule has 2 N–H and O–H groups in total. The van der Waals surface area contributed by atoms with Crippen molar-refractivity contribution in [2.24, 2.45) is 15.9 Å². The zero-order valence-electron chi connectivity index (χ0n) is 15.6. The minimum absolute atomic E-state index is 0.254. The highest BCUT2D eigenvalue weighted by atomic mass is 35.5. The Balaban J connectivity index is 1.31. The molecule has 4 aliphatic rings. The van der Waals surface area contributed by atoms with Crippen LogP contribution in [0.15, 0.2) is 47.6 Å². The van der Waals surface area contributed by atoms with Gasteiger partial charge in [-0.3, -0.25) is 5.01 Å². The molecule has 3 saturated carbocycles. The zero-order chi connectivity index (χ0) is 20.4. The van der Waals surface area contributed by atoms with Gasteiger partial charge in [0.2, 0.25) is 0 Å². The summed E-state index contributed by atoms with van der Waals surface area (Å²) >= 11 is 6.05. The standard InChI is InChI=1S/C22H21ClF2N2O2/c23-15-3-1-2-13(6-15)19(28)21-10-22(11-21,12-21)20(29)27-18(4-5-26-27)14-7-16(24)9-17(25)8-14/h1-3,5-9,18-20,28-29H,4,10-12H2. The number of aliphatic hydroxyl groups excluding tert-OH is 2. The fourth-order valence-corrected chi connectivity index (χ4v) is 5.74. The number of nitrogens with zero attached hydrogens (tertiary/aromatic N) is 2. The summed E-state index contributed by atoms with van der Waals surface area (Å²) in [7, 11) is 0. The molecule has 152 valence electrons. The van der Waals surface area contributed by atoms with Crippen molar-refractivity contribution in [3.8, 4) is 0 Å². The summed E-state index contributed by atoms with van der Waals surface area (Å²) < 4.78 is 27.3. The first-order valence-electron chi connectivity index (χ1n) is 9.70. The van der Waals surface area contributed by atoms with Gasteiger partial charge in [0.15, 0.2) is 0 Å². The molecule has 3 fully saturated rings. The Kier molecular flexibility index (Phi) is 4.25. The van der Waals surface area contributed by atoms with E-state index in [2.05, 4.69) is 5.10 Å². The van der Waals surface area contributed by atoms with Gasteiger partial charge in [-0.05, 0) is 54.7 Å². The molecule has 2 bridgehead atoms. The number of aliphatic hydroxyl groups is 2. The molecule has 4 nitrogen and oxygen atoms in total. The molecule has 1 aliphatic heterocycles. The lowest BCUT2D eigenvalue weighted by molar-refractivity contribution is -0.322. The lowest BCUT2D eigenvalue weighted by atomic mass is 9.32. The third kappa shape index (κ3) is 2.88. The molecule has 2 aromatic rings. The predicted octanol–water partition coefficient (Wildman–Crippen LogP) is 4.57. The van der Waals surface area contributed by atoms with Gasteiger partial charge >= 0.3 is 0 Å². The van der Waals surface area contributed by atoms with Crippen molar-refractivity contribution in [3.63, 3.8) is 0 Å². The average molecular weight is 419 g/mol. The molecule has 6 rings (SSSR count). The van der Waals surface area contributed by atoms with Crippen LogP contribution in [0, 0.1) is 22.5 Å². The van der Waals surface area contributed by atoms with Crippen LogP contribution in [0.2, 0.25) is 5.02 Å². The first-order valence-corrected chi connectivity index (χ1v) is 10.1. The maximum Gasteiger partial charge on any atom is 0.148 e. The Labute approximate surface area is 172 Å². The molecule has 29 heavy (non-hydrogen) atoms. The number of hydrazone groups is 1. The summed E-state index contributed by atoms with van der Waals surface area (Å²) in [6.07, 6.45) is 2.66. The SMILES string of the molecule is OC(c1cccc(Cl)c1)C12CC(C(O)N3N=CCC3c3cc(F)cc(F)c3)(C1)C2. The van der Waals surface area contributed by atoms with Gasteiger partial charge in [-0.25, -0.2) is 8.78 Å². The van der Waals surface area contributed by atoms with Crippen molar-refractivity contribution in [1.82, 2.24) is 5.01 Å². The van der Waals surface area contributed by atoms with Crippen LogP contribution in [0.3, 0.4) is 0 Å². The topological polar surface area (TPSA) is 56.1 Å². The molecular formula is C22H21ClF2N2O2. The van der Waals surface area contributed by atoms with Gasteiger partial charge in [-0.15, -0.1) is 0 Å². The molecule has 3 unspecified atom stereocenters. The summed E-state index contributed by atoms with van der Waals surface area (Å²) in [5.74, 6) is -1.29. The summed E-state index contributed by atoms with van der Waals surface area (Å²) in [5.41, 5.74) is 0.632. The number of hydrogen-bond acceptors (Lipinski definition) is 4. The largest absolute Gasteiger partial charge is 0.388 e.